The van der Waals surface area contributed by atoms with Crippen LogP contribution in [0.25, 0.3) is 0 Å². The third-order valence-corrected chi connectivity index (χ3v) is 3.98. The van der Waals surface area contributed by atoms with Crippen molar-refractivity contribution in [3.8, 4) is 0 Å². The molecule has 0 radical (unpaired) electrons. The average molecular weight is 174 g/mol. The van der Waals surface area contributed by atoms with Gasteiger partial charge in [-0.05, 0) is 50.8 Å². The highest BCUT2D eigenvalue weighted by molar-refractivity contribution is 5.56. The normalized spacial score (nSPS) is 32.8. The molecule has 0 N–H and O–H groups in total. The Morgan fingerprint density at radius 2 is 1.69 bits per heavy atom. The van der Waals surface area contributed by atoms with Crippen LogP contribution in [0.15, 0.2) is 33.9 Å². The van der Waals surface area contributed by atoms with Crippen LogP contribution in [0.5, 0.6) is 0 Å². The molecule has 0 aliphatic heterocycles. The highest BCUT2D eigenvalue weighted by Crippen LogP contribution is 2.60. The van der Waals surface area contributed by atoms with Crippen molar-refractivity contribution in [1.82, 2.24) is 0 Å². The van der Waals surface area contributed by atoms with Crippen LogP contribution < -0.4 is 0 Å². The largest absolute Gasteiger partial charge is 0.0627 e. The van der Waals surface area contributed by atoms with Crippen LogP contribution >= 0.6 is 0 Å². The summed E-state index contributed by atoms with van der Waals surface area (Å²) in [5.74, 6) is 0. The van der Waals surface area contributed by atoms with E-state index in [1.807, 2.05) is 0 Å². The summed E-state index contributed by atoms with van der Waals surface area (Å²) in [6.45, 7) is 11.4. The van der Waals surface area contributed by atoms with Crippen LogP contribution in [0.2, 0.25) is 0 Å². The molecule has 1 saturated carbocycles. The molecule has 0 nitrogen and oxygen atoms in total. The van der Waals surface area contributed by atoms with Crippen LogP contribution in [0.4, 0.5) is 0 Å². The topological polar surface area (TPSA) is 0 Å². The Morgan fingerprint density at radius 3 is 2.31 bits per heavy atom. The molecule has 1 atom stereocenters. The van der Waals surface area contributed by atoms with Crippen LogP contribution in [0.3, 0.4) is 0 Å². The minimum Gasteiger partial charge on any atom is -0.0627 e. The number of hydrogen-bond donors (Lipinski definition) is 0. The molecule has 0 heteroatoms. The number of rotatable bonds is 0. The number of allylic oxidation sites excluding steroid dienone is 6. The second-order valence-corrected chi connectivity index (χ2v) is 4.75. The van der Waals surface area contributed by atoms with Crippen molar-refractivity contribution in [2.75, 3.05) is 0 Å². The summed E-state index contributed by atoms with van der Waals surface area (Å²) in [5.41, 5.74) is 8.08. The van der Waals surface area contributed by atoms with Gasteiger partial charge in [0.05, 0.1) is 0 Å². The summed E-state index contributed by atoms with van der Waals surface area (Å²) < 4.78 is 0. The molecule has 70 valence electrons. The fraction of sp³-hybridized carbons (Fsp3) is 0.538. The summed E-state index contributed by atoms with van der Waals surface area (Å²) in [7, 11) is 0. The van der Waals surface area contributed by atoms with Crippen LogP contribution in [0.1, 0.15) is 41.0 Å². The molecule has 0 aromatic heterocycles. The lowest BCUT2D eigenvalue weighted by molar-refractivity contribution is 0.721. The first-order valence-corrected chi connectivity index (χ1v) is 5.03. The molecule has 1 unspecified atom stereocenters. The number of fused-ring (bicyclic) bond motifs is 1. The molecule has 0 saturated heterocycles. The Hall–Kier alpha value is -0.780. The predicted molar refractivity (Wildman–Crippen MR) is 57.6 cm³/mol. The van der Waals surface area contributed by atoms with E-state index in [4.69, 9.17) is 0 Å². The zero-order chi connectivity index (χ0) is 9.80. The maximum atomic E-state index is 2.36. The van der Waals surface area contributed by atoms with E-state index in [0.29, 0.717) is 5.41 Å². The van der Waals surface area contributed by atoms with Crippen LogP contribution in [-0.2, 0) is 0 Å². The Morgan fingerprint density at radius 1 is 1.08 bits per heavy atom. The molecular weight excluding hydrogens is 156 g/mol. The molecular formula is C13H18. The smallest absolute Gasteiger partial charge is 0.0136 e. The fourth-order valence-corrected chi connectivity index (χ4v) is 2.35. The van der Waals surface area contributed by atoms with Crippen molar-refractivity contribution in [2.45, 2.75) is 41.0 Å². The fourth-order valence-electron chi connectivity index (χ4n) is 2.35. The highest BCUT2D eigenvalue weighted by atomic mass is 14.5. The zero-order valence-electron chi connectivity index (χ0n) is 9.28. The van der Waals surface area contributed by atoms with Gasteiger partial charge in [0.25, 0.3) is 0 Å². The van der Waals surface area contributed by atoms with E-state index in [-0.39, 0.29) is 0 Å². The van der Waals surface area contributed by atoms with Gasteiger partial charge < -0.3 is 0 Å². The van der Waals surface area contributed by atoms with E-state index in [1.165, 1.54) is 28.7 Å². The Kier molecular flexibility index (Phi) is 1.61. The second-order valence-electron chi connectivity index (χ2n) is 4.75. The molecule has 0 amide bonds. The molecule has 1 fully saturated rings. The van der Waals surface area contributed by atoms with Gasteiger partial charge in [0.2, 0.25) is 0 Å². The molecule has 0 bridgehead atoms. The van der Waals surface area contributed by atoms with Crippen molar-refractivity contribution in [3.05, 3.63) is 33.9 Å². The molecule has 0 aromatic rings. The van der Waals surface area contributed by atoms with Crippen LogP contribution in [0, 0.1) is 5.41 Å². The first kappa shape index (κ1) is 8.80. The summed E-state index contributed by atoms with van der Waals surface area (Å²) in [6, 6.07) is 0. The monoisotopic (exact) mass is 174 g/mol. The zero-order valence-corrected chi connectivity index (χ0v) is 9.28. The van der Waals surface area contributed by atoms with Gasteiger partial charge in [-0.2, -0.15) is 0 Å². The molecule has 0 heterocycles. The molecule has 2 rings (SSSR count). The van der Waals surface area contributed by atoms with E-state index in [2.05, 4.69) is 40.7 Å². The summed E-state index contributed by atoms with van der Waals surface area (Å²) >= 11 is 0. The van der Waals surface area contributed by atoms with E-state index < -0.39 is 0 Å². The first-order valence-electron chi connectivity index (χ1n) is 5.03. The van der Waals surface area contributed by atoms with Crippen molar-refractivity contribution in [1.29, 1.82) is 0 Å². The van der Waals surface area contributed by atoms with Gasteiger partial charge in [0.1, 0.15) is 0 Å². The lowest BCUT2D eigenvalue weighted by atomic mass is 9.98. The molecule has 0 spiro atoms. The Bertz CT molecular complexity index is 363. The maximum absolute atomic E-state index is 2.36. The van der Waals surface area contributed by atoms with Crippen molar-refractivity contribution in [3.63, 3.8) is 0 Å². The van der Waals surface area contributed by atoms with Gasteiger partial charge in [-0.25, -0.2) is 0 Å². The predicted octanol–water partition coefficient (Wildman–Crippen LogP) is 4.01. The van der Waals surface area contributed by atoms with Gasteiger partial charge in [-0.1, -0.05) is 24.1 Å². The average Bonchev–Trinajstić information content (AvgIpc) is 2.76. The van der Waals surface area contributed by atoms with Gasteiger partial charge in [-0.15, -0.1) is 0 Å². The molecule has 2 aliphatic carbocycles. The standard InChI is InChI=1S/C13H18/c1-8-6-9(2)13(5)7-12(13)11(4)10(8)3/h6H,7H2,1-5H3. The van der Waals surface area contributed by atoms with Gasteiger partial charge >= 0.3 is 0 Å². The quantitative estimate of drug-likeness (QED) is 0.520. The Balaban J connectivity index is 2.62. The third kappa shape index (κ3) is 1.04. The number of hydrogen-bond acceptors (Lipinski definition) is 0. The van der Waals surface area contributed by atoms with Gasteiger partial charge in [-0.3, -0.25) is 0 Å². The minimum atomic E-state index is 0.420. The van der Waals surface area contributed by atoms with Crippen molar-refractivity contribution >= 4 is 0 Å². The van der Waals surface area contributed by atoms with E-state index in [1.54, 1.807) is 5.57 Å². The highest BCUT2D eigenvalue weighted by Gasteiger charge is 2.47. The van der Waals surface area contributed by atoms with E-state index in [0.717, 1.165) is 0 Å². The first-order chi connectivity index (χ1) is 5.97. The lowest BCUT2D eigenvalue weighted by Crippen LogP contribution is -1.94. The van der Waals surface area contributed by atoms with Crippen molar-refractivity contribution < 1.29 is 0 Å². The van der Waals surface area contributed by atoms with Gasteiger partial charge in [0.15, 0.2) is 0 Å². The molecule has 0 aromatic carbocycles. The maximum Gasteiger partial charge on any atom is 0.0136 e. The van der Waals surface area contributed by atoms with E-state index in [9.17, 15) is 0 Å². The van der Waals surface area contributed by atoms with Gasteiger partial charge in [0, 0.05) is 5.41 Å². The summed E-state index contributed by atoms with van der Waals surface area (Å²) in [5, 5.41) is 0. The third-order valence-electron chi connectivity index (χ3n) is 3.98. The van der Waals surface area contributed by atoms with Crippen molar-refractivity contribution in [2.24, 2.45) is 5.41 Å². The minimum absolute atomic E-state index is 0.420. The summed E-state index contributed by atoms with van der Waals surface area (Å²) in [4.78, 5) is 0. The van der Waals surface area contributed by atoms with E-state index >= 15 is 0 Å². The summed E-state index contributed by atoms with van der Waals surface area (Å²) in [6.07, 6.45) is 3.64. The molecule has 2 aliphatic rings. The Labute approximate surface area is 81.0 Å². The van der Waals surface area contributed by atoms with Crippen LogP contribution in [-0.4, -0.2) is 0 Å². The molecule has 13 heavy (non-hydrogen) atoms. The lowest BCUT2D eigenvalue weighted by Gasteiger charge is -2.07. The SMILES string of the molecule is CC1=CC(C)=C(C)C(C)=C2CC12C. The second kappa shape index (κ2) is 2.37.